The summed E-state index contributed by atoms with van der Waals surface area (Å²) in [6.07, 6.45) is 34.8. The molecule has 2 atom stereocenters. The molecule has 0 aromatic rings. The van der Waals surface area contributed by atoms with Gasteiger partial charge in [0.15, 0.2) is 0 Å². The number of hydrogen-bond donors (Lipinski definition) is 0. The van der Waals surface area contributed by atoms with Gasteiger partial charge >= 0.3 is 0 Å². The van der Waals surface area contributed by atoms with Crippen LogP contribution in [0.1, 0.15) is 189 Å². The van der Waals surface area contributed by atoms with Crippen LogP contribution in [0.3, 0.4) is 0 Å². The Morgan fingerprint density at radius 2 is 0.618 bits per heavy atom. The summed E-state index contributed by atoms with van der Waals surface area (Å²) in [6.45, 7) is 13.4. The summed E-state index contributed by atoms with van der Waals surface area (Å²) in [5, 5.41) is 0. The number of rotatable bonds is 27. The molecule has 0 aliphatic rings. The van der Waals surface area contributed by atoms with Gasteiger partial charge in [-0.15, -0.1) is 0 Å². The molecule has 206 valence electrons. The van der Waals surface area contributed by atoms with Crippen molar-refractivity contribution in [3.05, 3.63) is 0 Å². The van der Waals surface area contributed by atoms with Crippen LogP contribution >= 0.6 is 0 Å². The normalized spacial score (nSPS) is 15.4. The van der Waals surface area contributed by atoms with E-state index in [1.54, 1.807) is 0 Å². The third kappa shape index (κ3) is 18.3. The fourth-order valence-electron chi connectivity index (χ4n) is 5.86. The highest BCUT2D eigenvalue weighted by Gasteiger charge is 2.32. The lowest BCUT2D eigenvalue weighted by Gasteiger charge is -2.44. The van der Waals surface area contributed by atoms with E-state index in [2.05, 4.69) is 41.7 Å². The number of quaternary nitrogens is 1. The molecule has 0 N–H and O–H groups in total. The Labute approximate surface area is 218 Å². The predicted octanol–water partition coefficient (Wildman–Crippen LogP) is 11.6. The zero-order valence-electron chi connectivity index (χ0n) is 25.3. The maximum Gasteiger partial charge on any atom is 0.0861 e. The van der Waals surface area contributed by atoms with Crippen LogP contribution in [0.5, 0.6) is 0 Å². The van der Waals surface area contributed by atoms with Gasteiger partial charge in [-0.05, 0) is 46.5 Å². The Balaban J connectivity index is 3.78. The summed E-state index contributed by atoms with van der Waals surface area (Å²) < 4.78 is 1.29. The molecule has 1 heteroatoms. The van der Waals surface area contributed by atoms with Crippen LogP contribution in [0.25, 0.3) is 0 Å². The lowest BCUT2D eigenvalue weighted by molar-refractivity contribution is -0.952. The molecular weight excluding hydrogens is 410 g/mol. The maximum absolute atomic E-state index is 2.55. The van der Waals surface area contributed by atoms with E-state index >= 15 is 0 Å². The standard InChI is InChI=1S/C33H70N/c1-7-10-12-14-16-18-20-22-24-26-28-30-32(4)34(6,9-3)33(5)31-29-27-25-23-21-19-17-15-13-11-8-2/h32-33H,7-31H2,1-6H3/q+1. The molecule has 1 nitrogen and oxygen atoms in total. The molecule has 0 heterocycles. The van der Waals surface area contributed by atoms with Gasteiger partial charge in [0.25, 0.3) is 0 Å². The molecule has 0 aromatic heterocycles. The second-order valence-electron chi connectivity index (χ2n) is 12.0. The van der Waals surface area contributed by atoms with Crippen molar-refractivity contribution in [1.29, 1.82) is 0 Å². The molecule has 2 unspecified atom stereocenters. The molecule has 0 rings (SSSR count). The van der Waals surface area contributed by atoms with E-state index in [0.29, 0.717) is 0 Å². The second-order valence-corrected chi connectivity index (χ2v) is 12.0. The van der Waals surface area contributed by atoms with Crippen LogP contribution < -0.4 is 0 Å². The van der Waals surface area contributed by atoms with Crippen molar-refractivity contribution >= 4 is 0 Å². The summed E-state index contributed by atoms with van der Waals surface area (Å²) in [6, 6.07) is 1.62. The lowest BCUT2D eigenvalue weighted by Crippen LogP contribution is -2.56. The van der Waals surface area contributed by atoms with Crippen molar-refractivity contribution in [2.75, 3.05) is 13.6 Å². The predicted molar refractivity (Wildman–Crippen MR) is 158 cm³/mol. The van der Waals surface area contributed by atoms with Crippen molar-refractivity contribution in [3.8, 4) is 0 Å². The maximum atomic E-state index is 2.55. The smallest absolute Gasteiger partial charge is 0.0861 e. The van der Waals surface area contributed by atoms with E-state index in [1.165, 1.54) is 165 Å². The molecule has 0 radical (unpaired) electrons. The topological polar surface area (TPSA) is 0 Å². The Hall–Kier alpha value is -0.0400. The van der Waals surface area contributed by atoms with Crippen molar-refractivity contribution in [3.63, 3.8) is 0 Å². The van der Waals surface area contributed by atoms with Crippen LogP contribution in [-0.4, -0.2) is 30.2 Å². The monoisotopic (exact) mass is 481 g/mol. The highest BCUT2D eigenvalue weighted by molar-refractivity contribution is 4.61. The third-order valence-electron chi connectivity index (χ3n) is 9.15. The Morgan fingerprint density at radius 3 is 0.853 bits per heavy atom. The molecule has 0 amide bonds. The molecule has 0 aliphatic heterocycles. The molecule has 0 aliphatic carbocycles. The summed E-state index contributed by atoms with van der Waals surface area (Å²) >= 11 is 0. The minimum absolute atomic E-state index is 0.811. The highest BCUT2D eigenvalue weighted by Crippen LogP contribution is 2.25. The van der Waals surface area contributed by atoms with Gasteiger partial charge < -0.3 is 4.48 Å². The third-order valence-corrected chi connectivity index (χ3v) is 9.15. The van der Waals surface area contributed by atoms with E-state index in [0.717, 1.165) is 12.1 Å². The largest absolute Gasteiger partial charge is 0.322 e. The molecular formula is C33H70N+. The Morgan fingerprint density at radius 1 is 0.382 bits per heavy atom. The second kappa shape index (κ2) is 24.6. The quantitative estimate of drug-likeness (QED) is 0.0809. The van der Waals surface area contributed by atoms with Gasteiger partial charge in [0, 0.05) is 0 Å². The highest BCUT2D eigenvalue weighted by atomic mass is 15.4. The first-order chi connectivity index (χ1) is 16.5. The van der Waals surface area contributed by atoms with Crippen LogP contribution in [0.15, 0.2) is 0 Å². The van der Waals surface area contributed by atoms with Gasteiger partial charge in [-0.2, -0.15) is 0 Å². The van der Waals surface area contributed by atoms with Gasteiger partial charge in [-0.25, -0.2) is 0 Å². The van der Waals surface area contributed by atoms with E-state index in [4.69, 9.17) is 0 Å². The first-order valence-corrected chi connectivity index (χ1v) is 16.4. The molecule has 0 saturated heterocycles. The van der Waals surface area contributed by atoms with Gasteiger partial charge in [-0.3, -0.25) is 0 Å². The molecule has 0 aromatic carbocycles. The average Bonchev–Trinajstić information content (AvgIpc) is 2.84. The van der Waals surface area contributed by atoms with E-state index in [1.807, 2.05) is 0 Å². The number of unbranched alkanes of at least 4 members (excludes halogenated alkanes) is 20. The average molecular weight is 481 g/mol. The summed E-state index contributed by atoms with van der Waals surface area (Å²) in [5.41, 5.74) is 0. The van der Waals surface area contributed by atoms with Crippen molar-refractivity contribution in [2.24, 2.45) is 0 Å². The first-order valence-electron chi connectivity index (χ1n) is 16.4. The van der Waals surface area contributed by atoms with E-state index < -0.39 is 0 Å². The van der Waals surface area contributed by atoms with Crippen LogP contribution in [0.4, 0.5) is 0 Å². The SMILES string of the molecule is CCCCCCCCCCCCCC(C)[N+](C)(CC)C(C)CCCCCCCCCCCCC. The molecule has 0 spiro atoms. The Kier molecular flexibility index (Phi) is 24.6. The summed E-state index contributed by atoms with van der Waals surface area (Å²) in [4.78, 5) is 0. The summed E-state index contributed by atoms with van der Waals surface area (Å²) in [7, 11) is 2.55. The van der Waals surface area contributed by atoms with E-state index in [9.17, 15) is 0 Å². The Bertz CT molecular complexity index is 358. The van der Waals surface area contributed by atoms with E-state index in [-0.39, 0.29) is 0 Å². The van der Waals surface area contributed by atoms with Gasteiger partial charge in [0.1, 0.15) is 0 Å². The minimum Gasteiger partial charge on any atom is -0.322 e. The number of hydrogen-bond acceptors (Lipinski definition) is 0. The van der Waals surface area contributed by atoms with Gasteiger partial charge in [-0.1, -0.05) is 142 Å². The zero-order valence-corrected chi connectivity index (χ0v) is 25.3. The fraction of sp³-hybridized carbons (Fsp3) is 1.00. The first kappa shape index (κ1) is 34.0. The molecule has 0 bridgehead atoms. The molecule has 0 saturated carbocycles. The van der Waals surface area contributed by atoms with Crippen LogP contribution in [-0.2, 0) is 0 Å². The fourth-order valence-corrected chi connectivity index (χ4v) is 5.86. The zero-order chi connectivity index (χ0) is 25.3. The molecule has 34 heavy (non-hydrogen) atoms. The van der Waals surface area contributed by atoms with Crippen LogP contribution in [0, 0.1) is 0 Å². The van der Waals surface area contributed by atoms with Crippen molar-refractivity contribution in [2.45, 2.75) is 201 Å². The van der Waals surface area contributed by atoms with Crippen molar-refractivity contribution < 1.29 is 4.48 Å². The van der Waals surface area contributed by atoms with Crippen molar-refractivity contribution in [1.82, 2.24) is 0 Å². The minimum atomic E-state index is 0.811. The van der Waals surface area contributed by atoms with Gasteiger partial charge in [0.2, 0.25) is 0 Å². The van der Waals surface area contributed by atoms with Crippen LogP contribution in [0.2, 0.25) is 0 Å². The molecule has 0 fully saturated rings. The van der Waals surface area contributed by atoms with Gasteiger partial charge in [0.05, 0.1) is 25.7 Å². The lowest BCUT2D eigenvalue weighted by atomic mass is 9.98. The summed E-state index contributed by atoms with van der Waals surface area (Å²) in [5.74, 6) is 0. The number of nitrogens with zero attached hydrogens (tertiary/aromatic N) is 1.